The van der Waals surface area contributed by atoms with E-state index in [9.17, 15) is 0 Å². The fourth-order valence-electron chi connectivity index (χ4n) is 2.48. The average Bonchev–Trinajstić information content (AvgIpc) is 2.87. The van der Waals surface area contributed by atoms with Crippen LogP contribution in [-0.2, 0) is 16.8 Å². The third-order valence-electron chi connectivity index (χ3n) is 3.92. The van der Waals surface area contributed by atoms with Gasteiger partial charge in [0.25, 0.3) is 0 Å². The van der Waals surface area contributed by atoms with Gasteiger partial charge >= 0.3 is 0 Å². The van der Waals surface area contributed by atoms with E-state index in [1.165, 1.54) is 0 Å². The summed E-state index contributed by atoms with van der Waals surface area (Å²) < 4.78 is 11.2. The Hall–Kier alpha value is -0.940. The lowest BCUT2D eigenvalue weighted by molar-refractivity contribution is -0.0770. The third kappa shape index (κ3) is 3.76. The Labute approximate surface area is 114 Å². The monoisotopic (exact) mass is 267 g/mol. The first-order valence-corrected chi connectivity index (χ1v) is 7.31. The zero-order valence-electron chi connectivity index (χ0n) is 12.0. The number of rotatable bonds is 6. The van der Waals surface area contributed by atoms with Crippen molar-refractivity contribution in [2.45, 2.75) is 58.0 Å². The summed E-state index contributed by atoms with van der Waals surface area (Å²) in [5.41, 5.74) is 5.19. The topological polar surface area (TPSA) is 74.2 Å². The molecule has 2 atom stereocenters. The molecule has 0 spiro atoms. The van der Waals surface area contributed by atoms with E-state index in [0.29, 0.717) is 17.6 Å². The van der Waals surface area contributed by atoms with Crippen LogP contribution in [0.3, 0.4) is 0 Å². The van der Waals surface area contributed by atoms with Crippen LogP contribution in [0.25, 0.3) is 0 Å². The quantitative estimate of drug-likeness (QED) is 0.856. The van der Waals surface area contributed by atoms with Gasteiger partial charge in [0.05, 0.1) is 0 Å². The molecule has 5 nitrogen and oxygen atoms in total. The van der Waals surface area contributed by atoms with Gasteiger partial charge in [-0.3, -0.25) is 0 Å². The van der Waals surface area contributed by atoms with Crippen molar-refractivity contribution >= 4 is 0 Å². The van der Waals surface area contributed by atoms with Gasteiger partial charge in [0.2, 0.25) is 11.7 Å². The molecule has 19 heavy (non-hydrogen) atoms. The lowest BCUT2D eigenvalue weighted by Crippen LogP contribution is -2.31. The molecular formula is C14H25N3O2. The van der Waals surface area contributed by atoms with Gasteiger partial charge in [-0.2, -0.15) is 4.98 Å². The molecule has 2 N–H and O–H groups in total. The molecule has 2 rings (SSSR count). The molecular weight excluding hydrogens is 242 g/mol. The highest BCUT2D eigenvalue weighted by molar-refractivity contribution is 5.00. The van der Waals surface area contributed by atoms with Gasteiger partial charge in [-0.05, 0) is 51.5 Å². The molecule has 5 heteroatoms. The molecule has 2 heterocycles. The van der Waals surface area contributed by atoms with E-state index in [1.807, 2.05) is 0 Å². The van der Waals surface area contributed by atoms with Gasteiger partial charge in [0, 0.05) is 13.0 Å². The van der Waals surface area contributed by atoms with E-state index in [0.717, 1.165) is 51.7 Å². The van der Waals surface area contributed by atoms with E-state index < -0.39 is 0 Å². The van der Waals surface area contributed by atoms with Gasteiger partial charge in [0.1, 0.15) is 5.60 Å². The van der Waals surface area contributed by atoms with E-state index in [1.54, 1.807) is 0 Å². The van der Waals surface area contributed by atoms with E-state index in [-0.39, 0.29) is 5.60 Å². The highest BCUT2D eigenvalue weighted by Crippen LogP contribution is 2.32. The molecule has 2 unspecified atom stereocenters. The second-order valence-electron chi connectivity index (χ2n) is 5.77. The number of hydrogen-bond donors (Lipinski definition) is 1. The maximum absolute atomic E-state index is 5.83. The Balaban J connectivity index is 1.91. The fraction of sp³-hybridized carbons (Fsp3) is 0.857. The largest absolute Gasteiger partial charge is 0.367 e. The first-order valence-electron chi connectivity index (χ1n) is 7.31. The standard InChI is InChI=1S/C14H25N3O2/c1-11(7-9-15)5-6-12-16-13(17-19-12)14(2)8-3-4-10-18-14/h11H,3-10,15H2,1-2H3. The van der Waals surface area contributed by atoms with Crippen molar-refractivity contribution in [3.05, 3.63) is 11.7 Å². The van der Waals surface area contributed by atoms with Gasteiger partial charge in [0.15, 0.2) is 0 Å². The predicted molar refractivity (Wildman–Crippen MR) is 72.6 cm³/mol. The highest BCUT2D eigenvalue weighted by Gasteiger charge is 2.34. The zero-order chi connectivity index (χ0) is 13.7. The molecule has 108 valence electrons. The van der Waals surface area contributed by atoms with Crippen molar-refractivity contribution in [3.8, 4) is 0 Å². The van der Waals surface area contributed by atoms with E-state index >= 15 is 0 Å². The lowest BCUT2D eigenvalue weighted by atomic mass is 9.95. The van der Waals surface area contributed by atoms with Crippen LogP contribution in [0.15, 0.2) is 4.52 Å². The smallest absolute Gasteiger partial charge is 0.226 e. The molecule has 0 saturated carbocycles. The molecule has 0 amide bonds. The first kappa shape index (κ1) is 14.5. The van der Waals surface area contributed by atoms with Crippen molar-refractivity contribution in [1.29, 1.82) is 0 Å². The van der Waals surface area contributed by atoms with Crippen LogP contribution in [-0.4, -0.2) is 23.3 Å². The fourth-order valence-corrected chi connectivity index (χ4v) is 2.48. The Morgan fingerprint density at radius 1 is 1.37 bits per heavy atom. The number of hydrogen-bond acceptors (Lipinski definition) is 5. The number of aromatic nitrogens is 2. The number of ether oxygens (including phenoxy) is 1. The second kappa shape index (κ2) is 6.48. The Bertz CT molecular complexity index is 386. The summed E-state index contributed by atoms with van der Waals surface area (Å²) in [5.74, 6) is 2.02. The summed E-state index contributed by atoms with van der Waals surface area (Å²) in [6, 6.07) is 0. The Morgan fingerprint density at radius 2 is 2.21 bits per heavy atom. The van der Waals surface area contributed by atoms with Crippen LogP contribution in [0, 0.1) is 5.92 Å². The SMILES string of the molecule is CC(CCN)CCc1nc(C2(C)CCCCO2)no1. The molecule has 1 aromatic heterocycles. The Morgan fingerprint density at radius 3 is 2.89 bits per heavy atom. The van der Waals surface area contributed by atoms with Crippen molar-refractivity contribution in [1.82, 2.24) is 10.1 Å². The number of nitrogens with two attached hydrogens (primary N) is 1. The number of nitrogens with zero attached hydrogens (tertiary/aromatic N) is 2. The molecule has 1 aromatic rings. The predicted octanol–water partition coefficient (Wildman–Crippen LogP) is 2.40. The maximum atomic E-state index is 5.83. The molecule has 0 aliphatic carbocycles. The van der Waals surface area contributed by atoms with Crippen molar-refractivity contribution in [2.24, 2.45) is 11.7 Å². The molecule has 0 aromatic carbocycles. The van der Waals surface area contributed by atoms with Gasteiger partial charge in [-0.15, -0.1) is 0 Å². The van der Waals surface area contributed by atoms with Gasteiger partial charge in [-0.25, -0.2) is 0 Å². The second-order valence-corrected chi connectivity index (χ2v) is 5.77. The van der Waals surface area contributed by atoms with E-state index in [4.69, 9.17) is 15.0 Å². The van der Waals surface area contributed by atoms with Crippen LogP contribution < -0.4 is 5.73 Å². The molecule has 1 fully saturated rings. The maximum Gasteiger partial charge on any atom is 0.226 e. The zero-order valence-corrected chi connectivity index (χ0v) is 12.0. The van der Waals surface area contributed by atoms with Crippen molar-refractivity contribution in [2.75, 3.05) is 13.2 Å². The summed E-state index contributed by atoms with van der Waals surface area (Å²) in [6.07, 6.45) is 6.16. The van der Waals surface area contributed by atoms with Crippen molar-refractivity contribution < 1.29 is 9.26 Å². The molecule has 1 aliphatic heterocycles. The lowest BCUT2D eigenvalue weighted by Gasteiger charge is -2.30. The molecule has 1 saturated heterocycles. The minimum absolute atomic E-state index is 0.358. The summed E-state index contributed by atoms with van der Waals surface area (Å²) >= 11 is 0. The van der Waals surface area contributed by atoms with Crippen LogP contribution in [0.1, 0.15) is 57.7 Å². The van der Waals surface area contributed by atoms with E-state index in [2.05, 4.69) is 24.0 Å². The van der Waals surface area contributed by atoms with Crippen LogP contribution in [0.4, 0.5) is 0 Å². The third-order valence-corrected chi connectivity index (χ3v) is 3.92. The van der Waals surface area contributed by atoms with Crippen LogP contribution in [0.5, 0.6) is 0 Å². The summed E-state index contributed by atoms with van der Waals surface area (Å²) in [4.78, 5) is 4.50. The minimum atomic E-state index is -0.358. The highest BCUT2D eigenvalue weighted by atomic mass is 16.5. The summed E-state index contributed by atoms with van der Waals surface area (Å²) in [6.45, 7) is 5.78. The molecule has 0 bridgehead atoms. The normalized spacial score (nSPS) is 25.4. The van der Waals surface area contributed by atoms with Gasteiger partial charge in [-0.1, -0.05) is 12.1 Å². The summed E-state index contributed by atoms with van der Waals surface area (Å²) in [5, 5.41) is 4.10. The van der Waals surface area contributed by atoms with Crippen molar-refractivity contribution in [3.63, 3.8) is 0 Å². The average molecular weight is 267 g/mol. The first-order chi connectivity index (χ1) is 9.14. The summed E-state index contributed by atoms with van der Waals surface area (Å²) in [7, 11) is 0. The van der Waals surface area contributed by atoms with Crippen LogP contribution >= 0.6 is 0 Å². The number of aryl methyl sites for hydroxylation is 1. The Kier molecular flexibility index (Phi) is 4.93. The molecule has 1 aliphatic rings. The van der Waals surface area contributed by atoms with Crippen LogP contribution in [0.2, 0.25) is 0 Å². The molecule has 0 radical (unpaired) electrons. The minimum Gasteiger partial charge on any atom is -0.367 e. The van der Waals surface area contributed by atoms with Gasteiger partial charge < -0.3 is 15.0 Å².